The molecule has 1 aromatic carbocycles. The number of thiophene rings is 1. The van der Waals surface area contributed by atoms with Crippen molar-refractivity contribution in [3.8, 4) is 0 Å². The van der Waals surface area contributed by atoms with Gasteiger partial charge in [-0.1, -0.05) is 24.3 Å². The Bertz CT molecular complexity index is 958. The zero-order valence-electron chi connectivity index (χ0n) is 15.3. The number of para-hydroxylation sites is 1. The molecule has 2 amide bonds. The Morgan fingerprint density at radius 1 is 1.14 bits per heavy atom. The number of ether oxygens (including phenoxy) is 2. The molecule has 7 heteroatoms. The molecule has 6 nitrogen and oxygen atoms in total. The van der Waals surface area contributed by atoms with Crippen LogP contribution >= 0.6 is 11.3 Å². The highest BCUT2D eigenvalue weighted by atomic mass is 32.1. The van der Waals surface area contributed by atoms with E-state index in [1.807, 2.05) is 23.6 Å². The molecule has 5 rings (SSSR count). The quantitative estimate of drug-likeness (QED) is 0.586. The number of nitrogens with zero attached hydrogens (tertiary/aromatic N) is 1. The van der Waals surface area contributed by atoms with E-state index in [4.69, 9.17) is 9.47 Å². The van der Waals surface area contributed by atoms with Crippen LogP contribution in [0.15, 0.2) is 47.8 Å². The van der Waals surface area contributed by atoms with Crippen molar-refractivity contribution < 1.29 is 23.9 Å². The minimum atomic E-state index is -1.40. The van der Waals surface area contributed by atoms with Gasteiger partial charge in [-0.15, -0.1) is 11.3 Å². The molecule has 144 valence electrons. The molecule has 3 saturated heterocycles. The molecule has 0 spiro atoms. The number of amides is 2. The molecule has 3 aliphatic rings. The summed E-state index contributed by atoms with van der Waals surface area (Å²) in [5, 5.41) is 1.92. The average molecular weight is 397 g/mol. The molecule has 2 aromatic rings. The molecule has 3 aliphatic heterocycles. The lowest BCUT2D eigenvalue weighted by Crippen LogP contribution is -2.49. The third-order valence-electron chi connectivity index (χ3n) is 6.12. The summed E-state index contributed by atoms with van der Waals surface area (Å²) in [4.78, 5) is 42.0. The van der Waals surface area contributed by atoms with Gasteiger partial charge >= 0.3 is 5.97 Å². The molecule has 2 bridgehead atoms. The second-order valence-corrected chi connectivity index (χ2v) is 8.33. The van der Waals surface area contributed by atoms with Crippen LogP contribution < -0.4 is 4.90 Å². The summed E-state index contributed by atoms with van der Waals surface area (Å²) in [5.41, 5.74) is -1.84. The Hall–Kier alpha value is -2.51. The van der Waals surface area contributed by atoms with E-state index in [1.165, 1.54) is 16.2 Å². The predicted molar refractivity (Wildman–Crippen MR) is 102 cm³/mol. The molecule has 0 N–H and O–H groups in total. The highest BCUT2D eigenvalue weighted by Crippen LogP contribution is 2.66. The van der Waals surface area contributed by atoms with E-state index >= 15 is 0 Å². The van der Waals surface area contributed by atoms with Crippen LogP contribution in [-0.4, -0.2) is 30.0 Å². The van der Waals surface area contributed by atoms with E-state index < -0.39 is 29.0 Å². The monoisotopic (exact) mass is 397 g/mol. The van der Waals surface area contributed by atoms with E-state index in [0.29, 0.717) is 18.5 Å². The lowest BCUT2D eigenvalue weighted by molar-refractivity contribution is -0.174. The molecular weight excluding hydrogens is 378 g/mol. The van der Waals surface area contributed by atoms with E-state index in [1.54, 1.807) is 31.2 Å². The van der Waals surface area contributed by atoms with Crippen LogP contribution in [0.25, 0.3) is 0 Å². The fourth-order valence-corrected chi connectivity index (χ4v) is 5.98. The van der Waals surface area contributed by atoms with Gasteiger partial charge in [-0.05, 0) is 43.3 Å². The van der Waals surface area contributed by atoms with Gasteiger partial charge in [0.05, 0.1) is 24.1 Å². The molecule has 1 aromatic heterocycles. The molecule has 4 heterocycles. The number of carbonyl (C=O) groups excluding carboxylic acids is 3. The smallest absolute Gasteiger partial charge is 0.339 e. The number of carbonyl (C=O) groups is 3. The van der Waals surface area contributed by atoms with E-state index in [0.717, 1.165) is 4.88 Å². The summed E-state index contributed by atoms with van der Waals surface area (Å²) in [6.07, 6.45) is 0.877. The lowest BCUT2D eigenvalue weighted by Gasteiger charge is -2.30. The number of rotatable bonds is 4. The number of imide groups is 1. The van der Waals surface area contributed by atoms with Gasteiger partial charge in [0.25, 0.3) is 0 Å². The Kier molecular flexibility index (Phi) is 3.76. The number of esters is 1. The van der Waals surface area contributed by atoms with Gasteiger partial charge in [-0.2, -0.15) is 0 Å². The molecule has 3 fully saturated rings. The minimum Gasteiger partial charge on any atom is -0.464 e. The third kappa shape index (κ3) is 2.03. The normalized spacial score (nSPS) is 33.4. The van der Waals surface area contributed by atoms with Gasteiger partial charge in [0, 0.05) is 4.88 Å². The predicted octanol–water partition coefficient (Wildman–Crippen LogP) is 2.88. The summed E-state index contributed by atoms with van der Waals surface area (Å²) in [7, 11) is 0. The Morgan fingerprint density at radius 3 is 2.57 bits per heavy atom. The highest BCUT2D eigenvalue weighted by Gasteiger charge is 2.79. The van der Waals surface area contributed by atoms with E-state index in [-0.39, 0.29) is 18.4 Å². The van der Waals surface area contributed by atoms with Crippen molar-refractivity contribution in [1.82, 2.24) is 0 Å². The summed E-state index contributed by atoms with van der Waals surface area (Å²) in [6, 6.07) is 12.7. The van der Waals surface area contributed by atoms with Crippen molar-refractivity contribution in [2.75, 3.05) is 11.5 Å². The first kappa shape index (κ1) is 17.6. The Labute approximate surface area is 166 Å². The SMILES string of the molecule is CCOC(=O)[C@@]12CC[C@@](c3cccs3)(O1)[C@H]1C(=O)N(c3ccccc3)C(=O)[C@H]12. The number of fused-ring (bicyclic) bond motifs is 5. The van der Waals surface area contributed by atoms with Crippen LogP contribution in [0, 0.1) is 11.8 Å². The maximum Gasteiger partial charge on any atom is 0.339 e. The number of anilines is 1. The largest absolute Gasteiger partial charge is 0.464 e. The van der Waals surface area contributed by atoms with Gasteiger partial charge in [-0.3, -0.25) is 9.59 Å². The maximum atomic E-state index is 13.5. The molecule has 0 saturated carbocycles. The van der Waals surface area contributed by atoms with Crippen LogP contribution in [0.4, 0.5) is 5.69 Å². The van der Waals surface area contributed by atoms with Gasteiger partial charge < -0.3 is 9.47 Å². The van der Waals surface area contributed by atoms with Crippen LogP contribution in [0.1, 0.15) is 24.6 Å². The summed E-state index contributed by atoms with van der Waals surface area (Å²) < 4.78 is 11.7. The highest BCUT2D eigenvalue weighted by molar-refractivity contribution is 7.10. The van der Waals surface area contributed by atoms with Crippen LogP contribution in [0.2, 0.25) is 0 Å². The lowest BCUT2D eigenvalue weighted by atomic mass is 9.67. The number of hydrogen-bond donors (Lipinski definition) is 0. The fraction of sp³-hybridized carbons (Fsp3) is 0.381. The zero-order valence-corrected chi connectivity index (χ0v) is 16.1. The molecular formula is C21H19NO5S. The van der Waals surface area contributed by atoms with Crippen molar-refractivity contribution in [1.29, 1.82) is 0 Å². The van der Waals surface area contributed by atoms with E-state index in [2.05, 4.69) is 0 Å². The van der Waals surface area contributed by atoms with Gasteiger partial charge in [-0.25, -0.2) is 9.69 Å². The number of hydrogen-bond acceptors (Lipinski definition) is 6. The molecule has 0 aliphatic carbocycles. The second kappa shape index (κ2) is 5.99. The first-order valence-corrected chi connectivity index (χ1v) is 10.3. The molecule has 0 unspecified atom stereocenters. The van der Waals surface area contributed by atoms with Crippen molar-refractivity contribution in [3.63, 3.8) is 0 Å². The van der Waals surface area contributed by atoms with Gasteiger partial charge in [0.2, 0.25) is 11.8 Å². The topological polar surface area (TPSA) is 72.9 Å². The summed E-state index contributed by atoms with van der Waals surface area (Å²) in [5.74, 6) is -2.82. The average Bonchev–Trinajstić information content (AvgIpc) is 3.45. The standard InChI is InChI=1S/C21H19NO5S/c1-2-26-19(25)21-11-10-20(27-21,14-9-6-12-28-14)15-16(21)18(24)22(17(15)23)13-7-4-3-5-8-13/h3-9,12,15-16H,2,10-11H2,1H3/t15-,16+,20+,21+/m1/s1. The van der Waals surface area contributed by atoms with Crippen LogP contribution in [-0.2, 0) is 29.5 Å². The fourth-order valence-electron chi connectivity index (χ4n) is 5.05. The van der Waals surface area contributed by atoms with Crippen molar-refractivity contribution in [3.05, 3.63) is 52.7 Å². The van der Waals surface area contributed by atoms with Crippen molar-refractivity contribution in [2.45, 2.75) is 31.0 Å². The zero-order chi connectivity index (χ0) is 19.5. The van der Waals surface area contributed by atoms with Crippen molar-refractivity contribution >= 4 is 34.8 Å². The van der Waals surface area contributed by atoms with Gasteiger partial charge in [0.15, 0.2) is 5.60 Å². The van der Waals surface area contributed by atoms with Crippen LogP contribution in [0.5, 0.6) is 0 Å². The Balaban J connectivity index is 1.67. The van der Waals surface area contributed by atoms with Gasteiger partial charge in [0.1, 0.15) is 5.60 Å². The molecule has 0 radical (unpaired) electrons. The molecule has 28 heavy (non-hydrogen) atoms. The third-order valence-corrected chi connectivity index (χ3v) is 7.15. The maximum absolute atomic E-state index is 13.5. The summed E-state index contributed by atoms with van der Waals surface area (Å²) in [6.45, 7) is 1.91. The first-order chi connectivity index (χ1) is 13.5. The Morgan fingerprint density at radius 2 is 1.89 bits per heavy atom. The minimum absolute atomic E-state index is 0.192. The van der Waals surface area contributed by atoms with E-state index in [9.17, 15) is 14.4 Å². The van der Waals surface area contributed by atoms with Crippen LogP contribution in [0.3, 0.4) is 0 Å². The van der Waals surface area contributed by atoms with Crippen molar-refractivity contribution in [2.24, 2.45) is 11.8 Å². The first-order valence-electron chi connectivity index (χ1n) is 9.39. The second-order valence-electron chi connectivity index (χ2n) is 7.38. The molecule has 4 atom stereocenters. The summed E-state index contributed by atoms with van der Waals surface area (Å²) >= 11 is 1.48. The number of benzene rings is 1.